The molecule has 6 heteroatoms. The van der Waals surface area contributed by atoms with Gasteiger partial charge in [-0.25, -0.2) is 9.78 Å². The van der Waals surface area contributed by atoms with Crippen LogP contribution in [0.4, 0.5) is 0 Å². The molecule has 3 aromatic rings. The molecule has 1 heterocycles. The van der Waals surface area contributed by atoms with E-state index in [0.717, 1.165) is 10.6 Å². The van der Waals surface area contributed by atoms with Gasteiger partial charge in [0.1, 0.15) is 23.4 Å². The lowest BCUT2D eigenvalue weighted by molar-refractivity contribution is -0.147. The lowest BCUT2D eigenvalue weighted by Crippen LogP contribution is -2.15. The van der Waals surface area contributed by atoms with Crippen LogP contribution in [0.1, 0.15) is 16.8 Å². The molecule has 0 aliphatic rings. The van der Waals surface area contributed by atoms with E-state index in [4.69, 9.17) is 14.7 Å². The zero-order valence-electron chi connectivity index (χ0n) is 14.1. The fraction of sp³-hybridized carbons (Fsp3) is 0.150. The number of aromatic nitrogens is 1. The van der Waals surface area contributed by atoms with Gasteiger partial charge in [0.15, 0.2) is 6.61 Å². The summed E-state index contributed by atoms with van der Waals surface area (Å²) in [7, 11) is 0. The summed E-state index contributed by atoms with van der Waals surface area (Å²) in [6, 6.07) is 16.9. The molecule has 0 amide bonds. The molecule has 0 aliphatic heterocycles. The van der Waals surface area contributed by atoms with E-state index in [9.17, 15) is 4.79 Å². The van der Waals surface area contributed by atoms with Crippen LogP contribution in [0.15, 0.2) is 53.9 Å². The number of hydrogen-bond acceptors (Lipinski definition) is 6. The monoisotopic (exact) mass is 364 g/mol. The molecule has 26 heavy (non-hydrogen) atoms. The average molecular weight is 364 g/mol. The topological polar surface area (TPSA) is 72.2 Å². The molecule has 0 atom stereocenters. The molecule has 2 aromatic carbocycles. The van der Waals surface area contributed by atoms with Gasteiger partial charge in [-0.3, -0.25) is 0 Å². The van der Waals surface area contributed by atoms with Crippen LogP contribution in [0, 0.1) is 18.3 Å². The Morgan fingerprint density at radius 2 is 1.96 bits per heavy atom. The van der Waals surface area contributed by atoms with Crippen molar-refractivity contribution < 1.29 is 14.3 Å². The third-order valence-electron chi connectivity index (χ3n) is 3.58. The average Bonchev–Trinajstić information content (AvgIpc) is 3.14. The predicted octanol–water partition coefficient (Wildman–Crippen LogP) is 4.11. The molecule has 5 nitrogen and oxygen atoms in total. The predicted molar refractivity (Wildman–Crippen MR) is 98.7 cm³/mol. The number of esters is 1. The molecule has 0 N–H and O–H groups in total. The highest BCUT2D eigenvalue weighted by atomic mass is 32.1. The molecule has 0 radical (unpaired) electrons. The Bertz CT molecular complexity index is 942. The van der Waals surface area contributed by atoms with Gasteiger partial charge in [-0.05, 0) is 19.1 Å². The van der Waals surface area contributed by atoms with Crippen LogP contribution >= 0.6 is 11.3 Å². The van der Waals surface area contributed by atoms with Gasteiger partial charge in [0, 0.05) is 10.9 Å². The number of benzene rings is 2. The maximum absolute atomic E-state index is 11.8. The Morgan fingerprint density at radius 3 is 2.73 bits per heavy atom. The number of ether oxygens (including phenoxy) is 2. The number of carbonyl (C=O) groups is 1. The van der Waals surface area contributed by atoms with Crippen molar-refractivity contribution in [1.29, 1.82) is 5.26 Å². The maximum Gasteiger partial charge on any atom is 0.344 e. The number of hydrogen-bond donors (Lipinski definition) is 0. The first-order chi connectivity index (χ1) is 12.7. The van der Waals surface area contributed by atoms with Crippen LogP contribution in [0.3, 0.4) is 0 Å². The highest BCUT2D eigenvalue weighted by molar-refractivity contribution is 7.13. The number of rotatable bonds is 6. The summed E-state index contributed by atoms with van der Waals surface area (Å²) in [6.07, 6.45) is 0. The second kappa shape index (κ2) is 8.28. The second-order valence-corrected chi connectivity index (χ2v) is 6.43. The minimum atomic E-state index is -0.511. The minimum Gasteiger partial charge on any atom is -0.481 e. The van der Waals surface area contributed by atoms with E-state index in [-0.39, 0.29) is 13.2 Å². The van der Waals surface area contributed by atoms with E-state index in [1.807, 2.05) is 42.6 Å². The second-order valence-electron chi connectivity index (χ2n) is 5.57. The summed E-state index contributed by atoms with van der Waals surface area (Å²) >= 11 is 1.51. The Labute approximate surface area is 155 Å². The van der Waals surface area contributed by atoms with E-state index in [1.165, 1.54) is 16.9 Å². The molecular formula is C20H16N2O3S. The van der Waals surface area contributed by atoms with Crippen molar-refractivity contribution in [2.75, 3.05) is 6.61 Å². The van der Waals surface area contributed by atoms with Gasteiger partial charge in [-0.15, -0.1) is 11.3 Å². The summed E-state index contributed by atoms with van der Waals surface area (Å²) in [5, 5.41) is 11.7. The smallest absolute Gasteiger partial charge is 0.344 e. The SMILES string of the molecule is Cc1ccc(-c2nc(COC(=O)COc3ccccc3C#N)cs2)cc1. The summed E-state index contributed by atoms with van der Waals surface area (Å²) < 4.78 is 10.5. The van der Waals surface area contributed by atoms with Crippen LogP contribution in [0.2, 0.25) is 0 Å². The number of thiazole rings is 1. The highest BCUT2D eigenvalue weighted by Crippen LogP contribution is 2.24. The Kier molecular flexibility index (Phi) is 5.62. The first-order valence-corrected chi connectivity index (χ1v) is 8.82. The lowest BCUT2D eigenvalue weighted by atomic mass is 10.2. The maximum atomic E-state index is 11.8. The third kappa shape index (κ3) is 4.47. The first-order valence-electron chi connectivity index (χ1n) is 7.94. The minimum absolute atomic E-state index is 0.0877. The molecule has 0 fully saturated rings. The molecule has 3 rings (SSSR count). The van der Waals surface area contributed by atoms with E-state index in [2.05, 4.69) is 4.98 Å². The van der Waals surface area contributed by atoms with Crippen LogP contribution in [-0.2, 0) is 16.1 Å². The Morgan fingerprint density at radius 1 is 1.19 bits per heavy atom. The molecule has 130 valence electrons. The van der Waals surface area contributed by atoms with Crippen molar-refractivity contribution in [3.63, 3.8) is 0 Å². The molecule has 0 saturated heterocycles. The van der Waals surface area contributed by atoms with Crippen LogP contribution in [0.5, 0.6) is 5.75 Å². The van der Waals surface area contributed by atoms with Crippen LogP contribution in [-0.4, -0.2) is 17.6 Å². The molecule has 1 aromatic heterocycles. The Balaban J connectivity index is 1.52. The highest BCUT2D eigenvalue weighted by Gasteiger charge is 2.10. The molecule has 0 unspecified atom stereocenters. The lowest BCUT2D eigenvalue weighted by Gasteiger charge is -2.07. The van der Waals surface area contributed by atoms with Gasteiger partial charge in [0.25, 0.3) is 0 Å². The van der Waals surface area contributed by atoms with Gasteiger partial charge in [0.05, 0.1) is 11.3 Å². The number of nitrogens with zero attached hydrogens (tertiary/aromatic N) is 2. The van der Waals surface area contributed by atoms with Crippen molar-refractivity contribution in [1.82, 2.24) is 4.98 Å². The van der Waals surface area contributed by atoms with Gasteiger partial charge in [0.2, 0.25) is 0 Å². The Hall–Kier alpha value is -3.17. The van der Waals surface area contributed by atoms with Crippen molar-refractivity contribution in [3.05, 3.63) is 70.7 Å². The van der Waals surface area contributed by atoms with Crippen LogP contribution in [0.25, 0.3) is 10.6 Å². The van der Waals surface area contributed by atoms with Gasteiger partial charge < -0.3 is 9.47 Å². The normalized spacial score (nSPS) is 10.2. The quantitative estimate of drug-likeness (QED) is 0.616. The zero-order chi connectivity index (χ0) is 18.4. The number of nitriles is 1. The van der Waals surface area contributed by atoms with Gasteiger partial charge in [-0.1, -0.05) is 42.0 Å². The van der Waals surface area contributed by atoms with E-state index < -0.39 is 5.97 Å². The standard InChI is InChI=1S/C20H16N2O3S/c1-14-6-8-15(9-7-14)20-22-17(13-26-20)11-25-19(23)12-24-18-5-3-2-4-16(18)10-21/h2-9,13H,11-12H2,1H3. The van der Waals surface area contributed by atoms with E-state index >= 15 is 0 Å². The van der Waals surface area contributed by atoms with Crippen LogP contribution < -0.4 is 4.74 Å². The van der Waals surface area contributed by atoms with Crippen molar-refractivity contribution in [3.8, 4) is 22.4 Å². The third-order valence-corrected chi connectivity index (χ3v) is 4.52. The van der Waals surface area contributed by atoms with Gasteiger partial charge >= 0.3 is 5.97 Å². The number of para-hydroxylation sites is 1. The summed E-state index contributed by atoms with van der Waals surface area (Å²) in [4.78, 5) is 16.3. The summed E-state index contributed by atoms with van der Waals surface area (Å²) in [5.41, 5.74) is 3.30. The molecule has 0 spiro atoms. The van der Waals surface area contributed by atoms with Crippen molar-refractivity contribution in [2.24, 2.45) is 0 Å². The number of aryl methyl sites for hydroxylation is 1. The fourth-order valence-corrected chi connectivity index (χ4v) is 3.03. The zero-order valence-corrected chi connectivity index (χ0v) is 15.0. The van der Waals surface area contributed by atoms with Gasteiger partial charge in [-0.2, -0.15) is 5.26 Å². The fourth-order valence-electron chi connectivity index (χ4n) is 2.22. The number of carbonyl (C=O) groups excluding carboxylic acids is 1. The van der Waals surface area contributed by atoms with E-state index in [0.29, 0.717) is 17.0 Å². The molecular weight excluding hydrogens is 348 g/mol. The largest absolute Gasteiger partial charge is 0.481 e. The summed E-state index contributed by atoms with van der Waals surface area (Å²) in [5.74, 6) is -0.148. The molecule has 0 bridgehead atoms. The molecule has 0 aliphatic carbocycles. The van der Waals surface area contributed by atoms with E-state index in [1.54, 1.807) is 24.3 Å². The first kappa shape index (κ1) is 17.6. The van der Waals surface area contributed by atoms with Crippen molar-refractivity contribution >= 4 is 17.3 Å². The molecule has 0 saturated carbocycles. The van der Waals surface area contributed by atoms with Crippen molar-refractivity contribution in [2.45, 2.75) is 13.5 Å². The summed E-state index contributed by atoms with van der Waals surface area (Å²) in [6.45, 7) is 1.87.